The first-order valence-corrected chi connectivity index (χ1v) is 6.63. The van der Waals surface area contributed by atoms with E-state index in [9.17, 15) is 4.79 Å². The summed E-state index contributed by atoms with van der Waals surface area (Å²) < 4.78 is 1.81. The van der Waals surface area contributed by atoms with Crippen molar-refractivity contribution in [3.05, 3.63) is 57.8 Å². The number of aryl methyl sites for hydroxylation is 1. The Morgan fingerprint density at radius 3 is 2.67 bits per heavy atom. The molecule has 0 unspecified atom stereocenters. The number of hydrogen-bond acceptors (Lipinski definition) is 1. The molecule has 1 heterocycles. The van der Waals surface area contributed by atoms with Crippen LogP contribution in [-0.4, -0.2) is 16.2 Å². The van der Waals surface area contributed by atoms with E-state index in [1.807, 2.05) is 12.3 Å². The largest absolute Gasteiger partial charge is 0.344 e. The second kappa shape index (κ2) is 5.79. The molecular formula is C13H10Cl3NO. The number of carbonyl (C=O) groups is 1. The van der Waals surface area contributed by atoms with Crippen LogP contribution in [0.15, 0.2) is 36.5 Å². The maximum Gasteiger partial charge on any atom is 0.210 e. The Bertz CT molecular complexity index is 577. The molecule has 2 rings (SSSR count). The number of hydrogen-bond donors (Lipinski definition) is 0. The van der Waals surface area contributed by atoms with Gasteiger partial charge < -0.3 is 4.57 Å². The van der Waals surface area contributed by atoms with Crippen molar-refractivity contribution < 1.29 is 4.79 Å². The number of ketones is 1. The van der Waals surface area contributed by atoms with Gasteiger partial charge in [-0.1, -0.05) is 23.2 Å². The minimum atomic E-state index is -0.133. The van der Waals surface area contributed by atoms with Gasteiger partial charge in [0.2, 0.25) is 5.78 Å². The summed E-state index contributed by atoms with van der Waals surface area (Å²) in [5, 5.41) is 0.860. The van der Waals surface area contributed by atoms with Crippen LogP contribution in [0.25, 0.3) is 0 Å². The van der Waals surface area contributed by atoms with Gasteiger partial charge in [-0.15, -0.1) is 11.6 Å². The van der Waals surface area contributed by atoms with Gasteiger partial charge >= 0.3 is 0 Å². The number of benzene rings is 1. The van der Waals surface area contributed by atoms with Crippen LogP contribution < -0.4 is 0 Å². The van der Waals surface area contributed by atoms with Crippen molar-refractivity contribution in [3.8, 4) is 0 Å². The topological polar surface area (TPSA) is 22.0 Å². The molecule has 0 amide bonds. The highest BCUT2D eigenvalue weighted by Crippen LogP contribution is 2.23. The minimum Gasteiger partial charge on any atom is -0.344 e. The quantitative estimate of drug-likeness (QED) is 0.611. The van der Waals surface area contributed by atoms with Crippen LogP contribution in [0.4, 0.5) is 0 Å². The first-order chi connectivity index (χ1) is 8.63. The summed E-state index contributed by atoms with van der Waals surface area (Å²) in [6, 6.07) is 8.40. The van der Waals surface area contributed by atoms with Gasteiger partial charge in [0.1, 0.15) is 0 Å². The average molecular weight is 303 g/mol. The van der Waals surface area contributed by atoms with Crippen molar-refractivity contribution in [2.45, 2.75) is 6.54 Å². The van der Waals surface area contributed by atoms with Gasteiger partial charge in [0.05, 0.1) is 10.7 Å². The molecule has 0 bridgehead atoms. The maximum atomic E-state index is 12.3. The van der Waals surface area contributed by atoms with E-state index in [2.05, 4.69) is 0 Å². The van der Waals surface area contributed by atoms with Crippen LogP contribution in [0.3, 0.4) is 0 Å². The fraction of sp³-hybridized carbons (Fsp3) is 0.154. The van der Waals surface area contributed by atoms with E-state index < -0.39 is 0 Å². The Kier molecular flexibility index (Phi) is 4.33. The molecule has 0 radical (unpaired) electrons. The van der Waals surface area contributed by atoms with Crippen molar-refractivity contribution in [1.82, 2.24) is 4.57 Å². The first-order valence-electron chi connectivity index (χ1n) is 5.34. The fourth-order valence-corrected chi connectivity index (χ4v) is 2.39. The molecular weight excluding hydrogens is 293 g/mol. The number of carbonyl (C=O) groups excluding carboxylic acids is 1. The zero-order valence-electron chi connectivity index (χ0n) is 9.37. The molecule has 0 spiro atoms. The molecule has 0 atom stereocenters. The predicted molar refractivity (Wildman–Crippen MR) is 75.0 cm³/mol. The molecule has 94 valence electrons. The smallest absolute Gasteiger partial charge is 0.210 e. The van der Waals surface area contributed by atoms with E-state index in [0.29, 0.717) is 33.7 Å². The van der Waals surface area contributed by atoms with E-state index in [1.54, 1.807) is 28.8 Å². The Hall–Kier alpha value is -0.960. The second-order valence-electron chi connectivity index (χ2n) is 3.73. The predicted octanol–water partition coefficient (Wildman–Crippen LogP) is 4.26. The van der Waals surface area contributed by atoms with Gasteiger partial charge in [-0.25, -0.2) is 0 Å². The van der Waals surface area contributed by atoms with Crippen LogP contribution in [0.5, 0.6) is 0 Å². The molecule has 2 nitrogen and oxygen atoms in total. The highest BCUT2D eigenvalue weighted by molar-refractivity contribution is 6.37. The lowest BCUT2D eigenvalue weighted by atomic mass is 10.1. The lowest BCUT2D eigenvalue weighted by molar-refractivity contribution is 0.103. The summed E-state index contributed by atoms with van der Waals surface area (Å²) in [5.74, 6) is 0.315. The van der Waals surface area contributed by atoms with Crippen LogP contribution in [0.1, 0.15) is 16.1 Å². The summed E-state index contributed by atoms with van der Waals surface area (Å²) >= 11 is 17.5. The SMILES string of the molecule is O=C(c1ccc(Cl)cc1Cl)c1cccn1CCCl. The summed E-state index contributed by atoms with van der Waals surface area (Å²) in [7, 11) is 0. The molecule has 18 heavy (non-hydrogen) atoms. The first kappa shape index (κ1) is 13.5. The van der Waals surface area contributed by atoms with Crippen molar-refractivity contribution >= 4 is 40.6 Å². The highest BCUT2D eigenvalue weighted by atomic mass is 35.5. The van der Waals surface area contributed by atoms with Crippen molar-refractivity contribution in [1.29, 1.82) is 0 Å². The second-order valence-corrected chi connectivity index (χ2v) is 4.95. The monoisotopic (exact) mass is 301 g/mol. The van der Waals surface area contributed by atoms with E-state index in [4.69, 9.17) is 34.8 Å². The normalized spacial score (nSPS) is 10.6. The molecule has 0 saturated carbocycles. The molecule has 0 aliphatic heterocycles. The van der Waals surface area contributed by atoms with Gasteiger partial charge in [-0.3, -0.25) is 4.79 Å². The Morgan fingerprint density at radius 2 is 2.00 bits per heavy atom. The summed E-state index contributed by atoms with van der Waals surface area (Å²) in [6.07, 6.45) is 1.82. The molecule has 0 saturated heterocycles. The third-order valence-corrected chi connectivity index (χ3v) is 3.28. The number of rotatable bonds is 4. The highest BCUT2D eigenvalue weighted by Gasteiger charge is 2.16. The molecule has 1 aromatic heterocycles. The van der Waals surface area contributed by atoms with Crippen LogP contribution in [-0.2, 0) is 6.54 Å². The van der Waals surface area contributed by atoms with Crippen LogP contribution in [0, 0.1) is 0 Å². The van der Waals surface area contributed by atoms with E-state index >= 15 is 0 Å². The summed E-state index contributed by atoms with van der Waals surface area (Å²) in [4.78, 5) is 12.3. The van der Waals surface area contributed by atoms with E-state index in [-0.39, 0.29) is 5.78 Å². The van der Waals surface area contributed by atoms with Crippen LogP contribution in [0.2, 0.25) is 10.0 Å². The molecule has 0 N–H and O–H groups in total. The van der Waals surface area contributed by atoms with Gasteiger partial charge in [-0.2, -0.15) is 0 Å². The lowest BCUT2D eigenvalue weighted by Gasteiger charge is -2.08. The average Bonchev–Trinajstić information content (AvgIpc) is 2.77. The maximum absolute atomic E-state index is 12.3. The van der Waals surface area contributed by atoms with Gasteiger partial charge in [0.15, 0.2) is 0 Å². The van der Waals surface area contributed by atoms with Gasteiger partial charge in [0.25, 0.3) is 0 Å². The number of alkyl halides is 1. The lowest BCUT2D eigenvalue weighted by Crippen LogP contribution is -2.11. The molecule has 0 aliphatic rings. The van der Waals surface area contributed by atoms with Gasteiger partial charge in [-0.05, 0) is 30.3 Å². The van der Waals surface area contributed by atoms with E-state index in [0.717, 1.165) is 0 Å². The third-order valence-electron chi connectivity index (χ3n) is 2.56. The molecule has 0 aliphatic carbocycles. The minimum absolute atomic E-state index is 0.133. The van der Waals surface area contributed by atoms with Crippen molar-refractivity contribution in [2.75, 3.05) is 5.88 Å². The number of aromatic nitrogens is 1. The van der Waals surface area contributed by atoms with Crippen LogP contribution >= 0.6 is 34.8 Å². The summed E-state index contributed by atoms with van der Waals surface area (Å²) in [6.45, 7) is 0.584. The molecule has 0 fully saturated rings. The number of halogens is 3. The molecule has 1 aromatic carbocycles. The third kappa shape index (κ3) is 2.72. The Morgan fingerprint density at radius 1 is 1.22 bits per heavy atom. The standard InChI is InChI=1S/C13H10Cl3NO/c14-5-7-17-6-1-2-12(17)13(18)10-4-3-9(15)8-11(10)16/h1-4,6,8H,5,7H2. The van der Waals surface area contributed by atoms with Crippen molar-refractivity contribution in [2.24, 2.45) is 0 Å². The molecule has 5 heteroatoms. The molecule has 2 aromatic rings. The zero-order valence-corrected chi connectivity index (χ0v) is 11.6. The fourth-order valence-electron chi connectivity index (χ4n) is 1.72. The Labute approximate surface area is 120 Å². The Balaban J connectivity index is 2.38. The summed E-state index contributed by atoms with van der Waals surface area (Å²) in [5.41, 5.74) is 1.01. The van der Waals surface area contributed by atoms with Gasteiger partial charge in [0, 0.05) is 29.2 Å². The van der Waals surface area contributed by atoms with Crippen molar-refractivity contribution in [3.63, 3.8) is 0 Å². The zero-order chi connectivity index (χ0) is 13.1. The van der Waals surface area contributed by atoms with E-state index in [1.165, 1.54) is 0 Å². The number of nitrogens with zero attached hydrogens (tertiary/aromatic N) is 1.